The number of aryl methyl sites for hydroxylation is 3. The van der Waals surface area contributed by atoms with Crippen LogP contribution < -0.4 is 5.32 Å². The highest BCUT2D eigenvalue weighted by Crippen LogP contribution is 2.26. The van der Waals surface area contributed by atoms with Gasteiger partial charge in [-0.25, -0.2) is 9.97 Å². The van der Waals surface area contributed by atoms with Gasteiger partial charge in [-0.05, 0) is 32.9 Å². The first kappa shape index (κ1) is 19.0. The summed E-state index contributed by atoms with van der Waals surface area (Å²) in [6, 6.07) is 6.02. The maximum Gasteiger partial charge on any atom is 0.188 e. The Balaban J connectivity index is 1.43. The van der Waals surface area contributed by atoms with Gasteiger partial charge in [0.05, 0.1) is 24.2 Å². The number of pyridine rings is 1. The summed E-state index contributed by atoms with van der Waals surface area (Å²) in [6.07, 6.45) is 4.04. The predicted octanol–water partition coefficient (Wildman–Crippen LogP) is 3.69. The van der Waals surface area contributed by atoms with Crippen LogP contribution in [0.3, 0.4) is 0 Å². The van der Waals surface area contributed by atoms with Gasteiger partial charge >= 0.3 is 0 Å². The zero-order valence-corrected chi connectivity index (χ0v) is 17.4. The first-order valence-corrected chi connectivity index (χ1v) is 10.5. The number of hydrogen-bond donors (Lipinski definition) is 1. The summed E-state index contributed by atoms with van der Waals surface area (Å²) in [6.45, 7) is 10.4. The van der Waals surface area contributed by atoms with Crippen LogP contribution in [-0.2, 0) is 17.8 Å². The van der Waals surface area contributed by atoms with Gasteiger partial charge in [-0.15, -0.1) is 11.3 Å². The van der Waals surface area contributed by atoms with Crippen LogP contribution in [0.25, 0.3) is 0 Å². The molecule has 1 fully saturated rings. The van der Waals surface area contributed by atoms with Crippen molar-refractivity contribution in [2.45, 2.75) is 40.0 Å². The summed E-state index contributed by atoms with van der Waals surface area (Å²) in [4.78, 5) is 12.9. The average molecular weight is 399 g/mol. The number of anilines is 2. The summed E-state index contributed by atoms with van der Waals surface area (Å²) < 4.78 is 7.99. The molecule has 0 bridgehead atoms. The molecule has 0 unspecified atom stereocenters. The Labute approximate surface area is 169 Å². The lowest BCUT2D eigenvalue weighted by Gasteiger charge is -2.32. The molecule has 3 aromatic heterocycles. The van der Waals surface area contributed by atoms with E-state index >= 15 is 0 Å². The normalized spacial score (nSPS) is 17.8. The molecule has 28 heavy (non-hydrogen) atoms. The molecule has 1 atom stereocenters. The Morgan fingerprint density at radius 2 is 2.18 bits per heavy atom. The molecule has 0 aromatic carbocycles. The molecule has 1 aliphatic heterocycles. The fraction of sp³-hybridized carbons (Fsp3) is 0.450. The summed E-state index contributed by atoms with van der Waals surface area (Å²) in [5, 5.41) is 8.57. The van der Waals surface area contributed by atoms with Crippen LogP contribution in [0.15, 0.2) is 30.6 Å². The molecule has 0 amide bonds. The van der Waals surface area contributed by atoms with Crippen LogP contribution in [0.2, 0.25) is 0 Å². The van der Waals surface area contributed by atoms with Crippen LogP contribution in [0.4, 0.5) is 10.9 Å². The van der Waals surface area contributed by atoms with Gasteiger partial charge < -0.3 is 10.1 Å². The third-order valence-corrected chi connectivity index (χ3v) is 5.92. The minimum Gasteiger partial charge on any atom is -0.369 e. The van der Waals surface area contributed by atoms with E-state index in [-0.39, 0.29) is 6.10 Å². The molecule has 0 spiro atoms. The van der Waals surface area contributed by atoms with Gasteiger partial charge in [-0.3, -0.25) is 9.58 Å². The van der Waals surface area contributed by atoms with Gasteiger partial charge in [0.1, 0.15) is 11.9 Å². The fourth-order valence-electron chi connectivity index (χ4n) is 3.28. The Morgan fingerprint density at radius 1 is 1.29 bits per heavy atom. The highest BCUT2D eigenvalue weighted by atomic mass is 32.1. The number of thiazole rings is 1. The van der Waals surface area contributed by atoms with Gasteiger partial charge in [-0.2, -0.15) is 5.10 Å². The van der Waals surface area contributed by atoms with Crippen LogP contribution in [0, 0.1) is 13.8 Å². The third kappa shape index (κ3) is 4.40. The highest BCUT2D eigenvalue weighted by Gasteiger charge is 2.23. The largest absolute Gasteiger partial charge is 0.369 e. The lowest BCUT2D eigenvalue weighted by molar-refractivity contribution is -0.0349. The van der Waals surface area contributed by atoms with Gasteiger partial charge in [0, 0.05) is 42.8 Å². The monoisotopic (exact) mass is 398 g/mol. The Kier molecular flexibility index (Phi) is 5.70. The first-order chi connectivity index (χ1) is 13.6. The number of hydrogen-bond acceptors (Lipinski definition) is 7. The zero-order chi connectivity index (χ0) is 19.5. The zero-order valence-electron chi connectivity index (χ0n) is 16.6. The standard InChI is InChI=1S/C20H26N6OS/c1-4-26-12-16(10-21-26)11-25-8-9-27-18(13-25)17-6-5-7-19(23-17)24-20-22-14(2)15(3)28-20/h5-7,10,12,18H,4,8-9,11,13H2,1-3H3,(H,22,23,24)/t18-/m1/s1. The fourth-order valence-corrected chi connectivity index (χ4v) is 4.10. The first-order valence-electron chi connectivity index (χ1n) is 9.64. The van der Waals surface area contributed by atoms with E-state index in [1.165, 1.54) is 10.4 Å². The molecule has 148 valence electrons. The van der Waals surface area contributed by atoms with Crippen LogP contribution in [-0.4, -0.2) is 44.3 Å². The van der Waals surface area contributed by atoms with Gasteiger partial charge in [-0.1, -0.05) is 6.07 Å². The van der Waals surface area contributed by atoms with E-state index in [1.807, 2.05) is 36.0 Å². The smallest absolute Gasteiger partial charge is 0.188 e. The predicted molar refractivity (Wildman–Crippen MR) is 111 cm³/mol. The third-order valence-electron chi connectivity index (χ3n) is 4.93. The molecule has 0 saturated carbocycles. The van der Waals surface area contributed by atoms with E-state index in [9.17, 15) is 0 Å². The van der Waals surface area contributed by atoms with Crippen molar-refractivity contribution in [1.29, 1.82) is 0 Å². The summed E-state index contributed by atoms with van der Waals surface area (Å²) >= 11 is 1.65. The minimum atomic E-state index is -0.0310. The lowest BCUT2D eigenvalue weighted by Crippen LogP contribution is -2.38. The molecule has 1 saturated heterocycles. The summed E-state index contributed by atoms with van der Waals surface area (Å²) in [5.74, 6) is 0.802. The van der Waals surface area contributed by atoms with E-state index in [1.54, 1.807) is 11.3 Å². The average Bonchev–Trinajstić information content (AvgIpc) is 3.28. The highest BCUT2D eigenvalue weighted by molar-refractivity contribution is 7.15. The molecule has 1 aliphatic rings. The summed E-state index contributed by atoms with van der Waals surface area (Å²) in [7, 11) is 0. The van der Waals surface area contributed by atoms with Crippen molar-refractivity contribution in [2.75, 3.05) is 25.0 Å². The molecular formula is C20H26N6OS. The molecule has 4 heterocycles. The molecule has 1 N–H and O–H groups in total. The second-order valence-corrected chi connectivity index (χ2v) is 8.24. The van der Waals surface area contributed by atoms with Crippen LogP contribution in [0.5, 0.6) is 0 Å². The number of nitrogens with zero attached hydrogens (tertiary/aromatic N) is 5. The van der Waals surface area contributed by atoms with E-state index in [0.29, 0.717) is 6.61 Å². The van der Waals surface area contributed by atoms with Gasteiger partial charge in [0.15, 0.2) is 5.13 Å². The Hall–Kier alpha value is -2.29. The van der Waals surface area contributed by atoms with Crippen molar-refractivity contribution in [1.82, 2.24) is 24.6 Å². The molecule has 0 aliphatic carbocycles. The quantitative estimate of drug-likeness (QED) is 0.683. The van der Waals surface area contributed by atoms with Crippen molar-refractivity contribution in [3.63, 3.8) is 0 Å². The molecular weight excluding hydrogens is 372 g/mol. The number of ether oxygens (including phenoxy) is 1. The number of rotatable bonds is 6. The topological polar surface area (TPSA) is 68.1 Å². The van der Waals surface area contributed by atoms with E-state index in [2.05, 4.69) is 40.3 Å². The van der Waals surface area contributed by atoms with Crippen molar-refractivity contribution in [3.05, 3.63) is 52.4 Å². The number of aromatic nitrogens is 4. The van der Waals surface area contributed by atoms with Crippen LogP contribution >= 0.6 is 11.3 Å². The van der Waals surface area contributed by atoms with Crippen molar-refractivity contribution < 1.29 is 4.74 Å². The SMILES string of the molecule is CCn1cc(CN2CCO[C@@H](c3cccc(Nc4nc(C)c(C)s4)n3)C2)cn1. The maximum atomic E-state index is 6.02. The van der Waals surface area contributed by atoms with Crippen molar-refractivity contribution >= 4 is 22.3 Å². The molecule has 0 radical (unpaired) electrons. The maximum absolute atomic E-state index is 6.02. The van der Waals surface area contributed by atoms with Crippen molar-refractivity contribution in [3.8, 4) is 0 Å². The molecule has 4 rings (SSSR count). The lowest BCUT2D eigenvalue weighted by atomic mass is 10.1. The molecule has 3 aromatic rings. The van der Waals surface area contributed by atoms with E-state index < -0.39 is 0 Å². The number of morpholine rings is 1. The van der Waals surface area contributed by atoms with Crippen LogP contribution in [0.1, 0.15) is 34.9 Å². The van der Waals surface area contributed by atoms with Gasteiger partial charge in [0.2, 0.25) is 0 Å². The summed E-state index contributed by atoms with van der Waals surface area (Å²) in [5.41, 5.74) is 3.24. The van der Waals surface area contributed by atoms with E-state index in [0.717, 1.165) is 48.5 Å². The minimum absolute atomic E-state index is 0.0310. The van der Waals surface area contributed by atoms with E-state index in [4.69, 9.17) is 9.72 Å². The van der Waals surface area contributed by atoms with Crippen molar-refractivity contribution in [2.24, 2.45) is 0 Å². The van der Waals surface area contributed by atoms with Gasteiger partial charge in [0.25, 0.3) is 0 Å². The Bertz CT molecular complexity index is 917. The molecule has 8 heteroatoms. The number of nitrogens with one attached hydrogen (secondary N) is 1. The second-order valence-electron chi connectivity index (χ2n) is 7.03. The second kappa shape index (κ2) is 8.38. The molecule has 7 nitrogen and oxygen atoms in total. The Morgan fingerprint density at radius 3 is 2.93 bits per heavy atom.